The second-order valence-corrected chi connectivity index (χ2v) is 8.56. The molecule has 0 aliphatic heterocycles. The number of hydrogen-bond donors (Lipinski definition) is 2. The van der Waals surface area contributed by atoms with Crippen molar-refractivity contribution in [1.29, 1.82) is 0 Å². The Morgan fingerprint density at radius 2 is 1.69 bits per heavy atom. The van der Waals surface area contributed by atoms with Gasteiger partial charge in [-0.3, -0.25) is 9.59 Å². The first-order chi connectivity index (χ1) is 16.8. The molecule has 0 aliphatic rings. The number of halogens is 1. The second kappa shape index (κ2) is 11.7. The number of thiophene rings is 1. The van der Waals surface area contributed by atoms with Crippen molar-refractivity contribution in [3.63, 3.8) is 0 Å². The molecule has 35 heavy (non-hydrogen) atoms. The van der Waals surface area contributed by atoms with E-state index in [9.17, 15) is 19.2 Å². The highest BCUT2D eigenvalue weighted by Gasteiger charge is 2.31. The molecular formula is C24H23ClN2O7S. The Balaban J connectivity index is 2.03. The van der Waals surface area contributed by atoms with Gasteiger partial charge < -0.3 is 24.5 Å². The molecule has 0 saturated carbocycles. The first-order valence-electron chi connectivity index (χ1n) is 10.6. The van der Waals surface area contributed by atoms with Gasteiger partial charge in [0.15, 0.2) is 11.9 Å². The van der Waals surface area contributed by atoms with Gasteiger partial charge in [0, 0.05) is 10.6 Å². The summed E-state index contributed by atoms with van der Waals surface area (Å²) in [5, 5.41) is 6.08. The van der Waals surface area contributed by atoms with Crippen molar-refractivity contribution < 1.29 is 33.1 Å². The minimum Gasteiger partial charge on any atom is -0.462 e. The molecule has 3 aromatic rings. The number of furan rings is 1. The third kappa shape index (κ3) is 6.09. The Morgan fingerprint density at radius 3 is 2.29 bits per heavy atom. The number of anilines is 1. The van der Waals surface area contributed by atoms with Gasteiger partial charge >= 0.3 is 11.9 Å². The summed E-state index contributed by atoms with van der Waals surface area (Å²) in [5.74, 6) is -2.49. The average molecular weight is 519 g/mol. The molecule has 2 heterocycles. The van der Waals surface area contributed by atoms with E-state index in [2.05, 4.69) is 10.6 Å². The SMILES string of the molecule is CCOC(=O)c1sc(NC(NC(=O)c2ccco2)C(=O)c2ccc(Cl)cc2)c(C(=O)OCC)c1C. The van der Waals surface area contributed by atoms with Gasteiger partial charge in [0.1, 0.15) is 9.88 Å². The maximum atomic E-state index is 13.3. The van der Waals surface area contributed by atoms with Crippen LogP contribution in [-0.4, -0.2) is 43.0 Å². The van der Waals surface area contributed by atoms with Gasteiger partial charge in [-0.1, -0.05) is 11.6 Å². The third-order valence-electron chi connectivity index (χ3n) is 4.77. The van der Waals surface area contributed by atoms with E-state index < -0.39 is 29.8 Å². The number of Topliss-reactive ketones (excluding diaryl/α,β-unsaturated/α-hetero) is 1. The van der Waals surface area contributed by atoms with E-state index in [4.69, 9.17) is 25.5 Å². The summed E-state index contributed by atoms with van der Waals surface area (Å²) in [7, 11) is 0. The molecule has 1 atom stereocenters. The Kier molecular flexibility index (Phi) is 8.67. The third-order valence-corrected chi connectivity index (χ3v) is 6.23. The summed E-state index contributed by atoms with van der Waals surface area (Å²) in [5.41, 5.74) is 0.661. The Bertz CT molecular complexity index is 1220. The Morgan fingerprint density at radius 1 is 1.03 bits per heavy atom. The molecule has 11 heteroatoms. The second-order valence-electron chi connectivity index (χ2n) is 7.10. The van der Waals surface area contributed by atoms with Gasteiger partial charge in [-0.2, -0.15) is 0 Å². The van der Waals surface area contributed by atoms with Gasteiger partial charge in [0.05, 0.1) is 25.0 Å². The van der Waals surface area contributed by atoms with Crippen LogP contribution in [0.5, 0.6) is 0 Å². The molecule has 0 spiro atoms. The van der Waals surface area contributed by atoms with Crippen LogP contribution >= 0.6 is 22.9 Å². The number of esters is 2. The lowest BCUT2D eigenvalue weighted by Crippen LogP contribution is -2.46. The zero-order valence-electron chi connectivity index (χ0n) is 19.2. The fourth-order valence-corrected chi connectivity index (χ4v) is 4.39. The lowest BCUT2D eigenvalue weighted by molar-refractivity contribution is 0.0526. The van der Waals surface area contributed by atoms with Crippen molar-refractivity contribution >= 4 is 51.6 Å². The number of carbonyl (C=O) groups is 4. The van der Waals surface area contributed by atoms with Crippen molar-refractivity contribution in [2.24, 2.45) is 0 Å². The van der Waals surface area contributed by atoms with Crippen LogP contribution in [-0.2, 0) is 9.47 Å². The lowest BCUT2D eigenvalue weighted by atomic mass is 10.1. The van der Waals surface area contributed by atoms with Gasteiger partial charge in [-0.25, -0.2) is 9.59 Å². The van der Waals surface area contributed by atoms with Gasteiger partial charge in [0.2, 0.25) is 5.78 Å². The molecule has 0 bridgehead atoms. The molecule has 3 rings (SSSR count). The van der Waals surface area contributed by atoms with E-state index in [0.29, 0.717) is 10.6 Å². The highest BCUT2D eigenvalue weighted by molar-refractivity contribution is 7.18. The van der Waals surface area contributed by atoms with Crippen molar-refractivity contribution in [3.8, 4) is 0 Å². The smallest absolute Gasteiger partial charge is 0.348 e. The van der Waals surface area contributed by atoms with Crippen LogP contribution in [0.2, 0.25) is 5.02 Å². The van der Waals surface area contributed by atoms with Gasteiger partial charge in [0.25, 0.3) is 5.91 Å². The van der Waals surface area contributed by atoms with Crippen LogP contribution in [0, 0.1) is 6.92 Å². The van der Waals surface area contributed by atoms with E-state index in [0.717, 1.165) is 11.3 Å². The molecule has 1 unspecified atom stereocenters. The molecule has 0 saturated heterocycles. The van der Waals surface area contributed by atoms with Crippen LogP contribution in [0.15, 0.2) is 47.1 Å². The zero-order valence-corrected chi connectivity index (χ0v) is 20.7. The molecular weight excluding hydrogens is 496 g/mol. The summed E-state index contributed by atoms with van der Waals surface area (Å²) < 4.78 is 15.4. The first kappa shape index (κ1) is 26.0. The maximum Gasteiger partial charge on any atom is 0.348 e. The highest BCUT2D eigenvalue weighted by atomic mass is 35.5. The van der Waals surface area contributed by atoms with Crippen LogP contribution < -0.4 is 10.6 Å². The number of carbonyl (C=O) groups excluding carboxylic acids is 4. The topological polar surface area (TPSA) is 124 Å². The number of amides is 1. The molecule has 1 amide bonds. The highest BCUT2D eigenvalue weighted by Crippen LogP contribution is 2.35. The summed E-state index contributed by atoms with van der Waals surface area (Å²) >= 11 is 6.86. The molecule has 9 nitrogen and oxygen atoms in total. The van der Waals surface area contributed by atoms with E-state index in [1.54, 1.807) is 32.9 Å². The predicted molar refractivity (Wildman–Crippen MR) is 130 cm³/mol. The number of ketones is 1. The van der Waals surface area contributed by atoms with Crippen molar-refractivity contribution in [2.75, 3.05) is 18.5 Å². The number of benzene rings is 1. The van der Waals surface area contributed by atoms with Crippen molar-refractivity contribution in [3.05, 3.63) is 75.0 Å². The standard InChI is InChI=1S/C24H23ClN2O7S/c1-4-32-23(30)17-13(3)19(24(31)33-5-2)35-22(17)27-20(26-21(29)16-7-6-12-34-16)18(28)14-8-10-15(25)11-9-14/h6-12,20,27H,4-5H2,1-3H3,(H,26,29). The van der Waals surface area contributed by atoms with Crippen LogP contribution in [0.25, 0.3) is 0 Å². The Hall–Kier alpha value is -3.63. The largest absolute Gasteiger partial charge is 0.462 e. The summed E-state index contributed by atoms with van der Waals surface area (Å²) in [4.78, 5) is 51.4. The predicted octanol–water partition coefficient (Wildman–Crippen LogP) is 4.71. The minimum atomic E-state index is -1.32. The molecule has 184 valence electrons. The van der Waals surface area contributed by atoms with Gasteiger partial charge in [-0.05, 0) is 62.7 Å². The van der Waals surface area contributed by atoms with Crippen molar-refractivity contribution in [2.45, 2.75) is 26.9 Å². The maximum absolute atomic E-state index is 13.3. The van der Waals surface area contributed by atoms with E-state index in [-0.39, 0.29) is 40.0 Å². The number of ether oxygens (including phenoxy) is 2. The number of hydrogen-bond acceptors (Lipinski definition) is 9. The zero-order chi connectivity index (χ0) is 25.5. The molecule has 2 aromatic heterocycles. The normalized spacial score (nSPS) is 11.4. The molecule has 2 N–H and O–H groups in total. The van der Waals surface area contributed by atoms with Crippen LogP contribution in [0.1, 0.15) is 60.4 Å². The summed E-state index contributed by atoms with van der Waals surface area (Å²) in [6.45, 7) is 5.14. The van der Waals surface area contributed by atoms with Crippen LogP contribution in [0.3, 0.4) is 0 Å². The molecule has 0 fully saturated rings. The Labute approximate surface area is 210 Å². The molecule has 1 aromatic carbocycles. The molecule has 0 aliphatic carbocycles. The van der Waals surface area contributed by atoms with Crippen LogP contribution in [0.4, 0.5) is 5.00 Å². The quantitative estimate of drug-likeness (QED) is 0.225. The lowest BCUT2D eigenvalue weighted by Gasteiger charge is -2.20. The summed E-state index contributed by atoms with van der Waals surface area (Å²) in [6.07, 6.45) is 0.000844. The fraction of sp³-hybridized carbons (Fsp3) is 0.250. The van der Waals surface area contributed by atoms with Crippen molar-refractivity contribution in [1.82, 2.24) is 5.32 Å². The summed E-state index contributed by atoms with van der Waals surface area (Å²) in [6, 6.07) is 9.07. The van der Waals surface area contributed by atoms with E-state index >= 15 is 0 Å². The number of rotatable bonds is 10. The monoisotopic (exact) mass is 518 g/mol. The first-order valence-corrected chi connectivity index (χ1v) is 11.8. The fourth-order valence-electron chi connectivity index (χ4n) is 3.14. The van der Waals surface area contributed by atoms with Gasteiger partial charge in [-0.15, -0.1) is 11.3 Å². The average Bonchev–Trinajstić information content (AvgIpc) is 3.47. The minimum absolute atomic E-state index is 0.0131. The number of nitrogens with one attached hydrogen (secondary N) is 2. The molecule has 0 radical (unpaired) electrons. The van der Waals surface area contributed by atoms with E-state index in [1.165, 1.54) is 30.5 Å². The van der Waals surface area contributed by atoms with E-state index in [1.807, 2.05) is 0 Å².